The first-order valence-electron chi connectivity index (χ1n) is 8.79. The molecule has 0 atom stereocenters. The zero-order valence-electron chi connectivity index (χ0n) is 15.3. The lowest BCUT2D eigenvalue weighted by Gasteiger charge is -2.10. The Labute approximate surface area is 196 Å². The van der Waals surface area contributed by atoms with E-state index < -0.39 is 23.1 Å². The molecule has 154 valence electrons. The summed E-state index contributed by atoms with van der Waals surface area (Å²) in [6, 6.07) is 5.48. The molecule has 0 fully saturated rings. The Morgan fingerprint density at radius 2 is 1.06 bits per heavy atom. The minimum atomic E-state index is -0.452. The van der Waals surface area contributed by atoms with Gasteiger partial charge in [-0.3, -0.25) is 14.4 Å². The molecule has 0 bridgehead atoms. The summed E-state index contributed by atoms with van der Waals surface area (Å²) in [6.45, 7) is 0. The number of Topliss-reactive ketones (excluding diaryl/α,β-unsaturated/α-hetero) is 3. The molecule has 4 nitrogen and oxygen atoms in total. The fourth-order valence-electron chi connectivity index (χ4n) is 3.30. The Hall–Kier alpha value is -2.63. The maximum absolute atomic E-state index is 12.5. The molecule has 2 aromatic rings. The highest BCUT2D eigenvalue weighted by atomic mass is 35.5. The number of fused-ring (bicyclic) bond motifs is 2. The van der Waals surface area contributed by atoms with Gasteiger partial charge in [-0.25, -0.2) is 0 Å². The van der Waals surface area contributed by atoms with Gasteiger partial charge in [0.05, 0.1) is 25.7 Å². The molecule has 31 heavy (non-hydrogen) atoms. The van der Waals surface area contributed by atoms with Crippen LogP contribution in [0.1, 0.15) is 36.6 Å². The van der Waals surface area contributed by atoms with Crippen LogP contribution in [0.3, 0.4) is 0 Å². The van der Waals surface area contributed by atoms with Crippen LogP contribution in [0.25, 0.3) is 5.76 Å². The van der Waals surface area contributed by atoms with E-state index in [1.54, 1.807) is 0 Å². The summed E-state index contributed by atoms with van der Waals surface area (Å²) in [5.74, 6) is -1.81. The molecule has 0 unspecified atom stereocenters. The summed E-state index contributed by atoms with van der Waals surface area (Å²) in [7, 11) is 0. The first-order chi connectivity index (χ1) is 14.7. The van der Waals surface area contributed by atoms with Gasteiger partial charge in [-0.05, 0) is 35.9 Å². The van der Waals surface area contributed by atoms with E-state index in [1.165, 1.54) is 54.6 Å². The second-order valence-electron chi connectivity index (χ2n) is 6.68. The lowest BCUT2D eigenvalue weighted by Crippen LogP contribution is -2.02. The molecule has 0 amide bonds. The predicted octanol–water partition coefficient (Wildman–Crippen LogP) is 5.69. The largest absolute Gasteiger partial charge is 0.872 e. The van der Waals surface area contributed by atoms with Crippen LogP contribution in [0.5, 0.6) is 0 Å². The highest BCUT2D eigenvalue weighted by Gasteiger charge is 2.33. The standard InChI is InChI=1S/C23H10Cl4O4/c24-16-6-12-13(7-17(16)25)21(29)10(20(12)28)4-2-1-3-5-11-22(30)14-8-18(26)19(27)9-15(14)23(11)31/h1-9,28H/p-1. The number of carbonyl (C=O) groups excluding carboxylic acids is 3. The smallest absolute Gasteiger partial charge is 0.197 e. The molecule has 0 N–H and O–H groups in total. The van der Waals surface area contributed by atoms with Crippen molar-refractivity contribution in [3.8, 4) is 0 Å². The fraction of sp³-hybridized carbons (Fsp3) is 0. The van der Waals surface area contributed by atoms with Crippen molar-refractivity contribution in [2.75, 3.05) is 0 Å². The Kier molecular flexibility index (Phi) is 5.67. The molecule has 0 heterocycles. The van der Waals surface area contributed by atoms with E-state index >= 15 is 0 Å². The highest BCUT2D eigenvalue weighted by molar-refractivity contribution is 6.45. The van der Waals surface area contributed by atoms with E-state index in [9.17, 15) is 19.5 Å². The minimum absolute atomic E-state index is 0.0321. The molecular formula is C23H9Cl4O4-. The van der Waals surface area contributed by atoms with E-state index in [0.717, 1.165) is 0 Å². The zero-order valence-corrected chi connectivity index (χ0v) is 18.4. The van der Waals surface area contributed by atoms with Gasteiger partial charge in [0, 0.05) is 22.3 Å². The van der Waals surface area contributed by atoms with E-state index in [4.69, 9.17) is 46.4 Å². The third kappa shape index (κ3) is 3.66. The van der Waals surface area contributed by atoms with E-state index in [2.05, 4.69) is 0 Å². The Morgan fingerprint density at radius 3 is 1.58 bits per heavy atom. The summed E-state index contributed by atoms with van der Waals surface area (Å²) < 4.78 is 0. The van der Waals surface area contributed by atoms with Gasteiger partial charge in [0.15, 0.2) is 17.3 Å². The first-order valence-corrected chi connectivity index (χ1v) is 10.3. The lowest BCUT2D eigenvalue weighted by atomic mass is 10.1. The van der Waals surface area contributed by atoms with Crippen LogP contribution < -0.4 is 5.11 Å². The number of rotatable bonds is 3. The molecule has 0 aliphatic heterocycles. The molecular weight excluding hydrogens is 482 g/mol. The van der Waals surface area contributed by atoms with E-state index in [-0.39, 0.29) is 53.5 Å². The van der Waals surface area contributed by atoms with Crippen LogP contribution >= 0.6 is 46.4 Å². The minimum Gasteiger partial charge on any atom is -0.872 e. The number of ketones is 3. The Balaban J connectivity index is 1.55. The van der Waals surface area contributed by atoms with Gasteiger partial charge in [-0.1, -0.05) is 76.5 Å². The van der Waals surface area contributed by atoms with Crippen molar-refractivity contribution < 1.29 is 19.5 Å². The Bertz CT molecular complexity index is 1290. The maximum Gasteiger partial charge on any atom is 0.197 e. The van der Waals surface area contributed by atoms with Crippen LogP contribution in [-0.2, 0) is 0 Å². The number of carbonyl (C=O) groups is 3. The van der Waals surface area contributed by atoms with Crippen LogP contribution in [0.15, 0.2) is 65.8 Å². The maximum atomic E-state index is 12.5. The first kappa shape index (κ1) is 21.6. The van der Waals surface area contributed by atoms with Crippen LogP contribution in [0.4, 0.5) is 0 Å². The van der Waals surface area contributed by atoms with Crippen molar-refractivity contribution in [1.29, 1.82) is 0 Å². The average Bonchev–Trinajstić information content (AvgIpc) is 3.08. The number of halogens is 4. The number of allylic oxidation sites excluding steroid dienone is 7. The van der Waals surface area contributed by atoms with Crippen LogP contribution in [0.2, 0.25) is 20.1 Å². The highest BCUT2D eigenvalue weighted by Crippen LogP contribution is 2.36. The summed E-state index contributed by atoms with van der Waals surface area (Å²) in [4.78, 5) is 37.4. The summed E-state index contributed by atoms with van der Waals surface area (Å²) in [5.41, 5.74) is 0.722. The van der Waals surface area contributed by atoms with Crippen molar-refractivity contribution in [3.05, 3.63) is 108 Å². The molecule has 0 saturated heterocycles. The molecule has 8 heteroatoms. The fourth-order valence-corrected chi connectivity index (χ4v) is 3.96. The van der Waals surface area contributed by atoms with Gasteiger partial charge in [-0.2, -0.15) is 0 Å². The second kappa shape index (κ2) is 8.13. The Morgan fingerprint density at radius 1 is 0.613 bits per heavy atom. The SMILES string of the molecule is O=C1C(=CC=CC=CC2=C([O-])c3cc(Cl)c(Cl)cc3C2=O)C(=O)c2cc(Cl)c(Cl)cc21. The average molecular weight is 491 g/mol. The van der Waals surface area contributed by atoms with E-state index in [0.29, 0.717) is 0 Å². The molecule has 2 aromatic carbocycles. The van der Waals surface area contributed by atoms with Crippen molar-refractivity contribution in [2.45, 2.75) is 0 Å². The van der Waals surface area contributed by atoms with Gasteiger partial charge >= 0.3 is 0 Å². The third-order valence-electron chi connectivity index (χ3n) is 4.83. The summed E-state index contributed by atoms with van der Waals surface area (Å²) in [6.07, 6.45) is 7.12. The molecule has 0 spiro atoms. The van der Waals surface area contributed by atoms with Crippen LogP contribution in [-0.4, -0.2) is 17.3 Å². The third-order valence-corrected chi connectivity index (χ3v) is 6.27. The van der Waals surface area contributed by atoms with Gasteiger partial charge in [-0.15, -0.1) is 0 Å². The topological polar surface area (TPSA) is 74.3 Å². The predicted molar refractivity (Wildman–Crippen MR) is 119 cm³/mol. The zero-order chi connectivity index (χ0) is 22.4. The molecule has 2 aliphatic carbocycles. The van der Waals surface area contributed by atoms with Crippen molar-refractivity contribution in [2.24, 2.45) is 0 Å². The van der Waals surface area contributed by atoms with Crippen LogP contribution in [0, 0.1) is 0 Å². The molecule has 4 rings (SSSR count). The summed E-state index contributed by atoms with van der Waals surface area (Å²) in [5, 5.41) is 13.2. The van der Waals surface area contributed by atoms with Gasteiger partial charge in [0.1, 0.15) is 0 Å². The molecule has 2 aliphatic rings. The number of hydrogen-bond donors (Lipinski definition) is 0. The van der Waals surface area contributed by atoms with Gasteiger partial charge in [0.2, 0.25) is 0 Å². The number of hydrogen-bond acceptors (Lipinski definition) is 4. The summed E-state index contributed by atoms with van der Waals surface area (Å²) >= 11 is 23.7. The molecule has 0 aromatic heterocycles. The quantitative estimate of drug-likeness (QED) is 0.315. The molecule has 0 saturated carbocycles. The lowest BCUT2D eigenvalue weighted by molar-refractivity contribution is -0.244. The van der Waals surface area contributed by atoms with Gasteiger partial charge in [0.25, 0.3) is 0 Å². The van der Waals surface area contributed by atoms with Gasteiger partial charge < -0.3 is 5.11 Å². The van der Waals surface area contributed by atoms with Crippen molar-refractivity contribution in [3.63, 3.8) is 0 Å². The van der Waals surface area contributed by atoms with Crippen molar-refractivity contribution >= 4 is 69.5 Å². The monoisotopic (exact) mass is 489 g/mol. The van der Waals surface area contributed by atoms with Crippen molar-refractivity contribution in [1.82, 2.24) is 0 Å². The normalized spacial score (nSPS) is 15.6. The molecule has 0 radical (unpaired) electrons. The second-order valence-corrected chi connectivity index (χ2v) is 8.31. The number of benzene rings is 2. The van der Waals surface area contributed by atoms with E-state index in [1.807, 2.05) is 0 Å².